The Kier molecular flexibility index (Phi) is 5.64. The third kappa shape index (κ3) is 3.63. The maximum Gasteiger partial charge on any atom is 0.0588 e. The Morgan fingerprint density at radius 1 is 1.20 bits per heavy atom. The van der Waals surface area contributed by atoms with Crippen LogP contribution in [0, 0.1) is 6.92 Å². The van der Waals surface area contributed by atoms with Gasteiger partial charge in [0, 0.05) is 9.50 Å². The predicted molar refractivity (Wildman–Crippen MR) is 90.5 cm³/mol. The van der Waals surface area contributed by atoms with Crippen molar-refractivity contribution in [2.24, 2.45) is 0 Å². The van der Waals surface area contributed by atoms with Crippen molar-refractivity contribution in [3.05, 3.63) is 68.7 Å². The van der Waals surface area contributed by atoms with Gasteiger partial charge < -0.3 is 5.32 Å². The van der Waals surface area contributed by atoms with Crippen molar-refractivity contribution < 1.29 is 0 Å². The van der Waals surface area contributed by atoms with Crippen LogP contribution in [-0.2, 0) is 0 Å². The van der Waals surface area contributed by atoms with Gasteiger partial charge in [0.15, 0.2) is 0 Å². The highest BCUT2D eigenvalue weighted by Gasteiger charge is 2.17. The van der Waals surface area contributed by atoms with Gasteiger partial charge in [-0.3, -0.25) is 0 Å². The molecule has 0 aliphatic carbocycles. The highest BCUT2D eigenvalue weighted by molar-refractivity contribution is 9.10. The van der Waals surface area contributed by atoms with Crippen molar-refractivity contribution in [1.29, 1.82) is 0 Å². The molecule has 1 atom stereocenters. The topological polar surface area (TPSA) is 12.0 Å². The summed E-state index contributed by atoms with van der Waals surface area (Å²) in [7, 11) is 0. The van der Waals surface area contributed by atoms with Gasteiger partial charge in [0.25, 0.3) is 0 Å². The van der Waals surface area contributed by atoms with Gasteiger partial charge in [0.05, 0.1) is 6.04 Å². The molecular weight excluding hydrogens is 334 g/mol. The van der Waals surface area contributed by atoms with E-state index in [0.717, 1.165) is 22.5 Å². The second-order valence-electron chi connectivity index (χ2n) is 4.92. The fourth-order valence-electron chi connectivity index (χ4n) is 2.28. The molecule has 0 heterocycles. The monoisotopic (exact) mass is 351 g/mol. The molecule has 2 aromatic carbocycles. The first-order chi connectivity index (χ1) is 9.63. The van der Waals surface area contributed by atoms with Gasteiger partial charge in [-0.25, -0.2) is 0 Å². The number of rotatable bonds is 5. The first-order valence-electron chi connectivity index (χ1n) is 6.87. The lowest BCUT2D eigenvalue weighted by molar-refractivity contribution is 0.596. The van der Waals surface area contributed by atoms with E-state index in [9.17, 15) is 0 Å². The maximum atomic E-state index is 6.14. The smallest absolute Gasteiger partial charge is 0.0588 e. The molecule has 0 saturated heterocycles. The molecule has 0 radical (unpaired) electrons. The molecule has 1 nitrogen and oxygen atoms in total. The summed E-state index contributed by atoms with van der Waals surface area (Å²) in [5.41, 5.74) is 3.69. The fourth-order valence-corrected chi connectivity index (χ4v) is 2.97. The molecular formula is C17H19BrClN. The summed E-state index contributed by atoms with van der Waals surface area (Å²) in [6.45, 7) is 5.26. The van der Waals surface area contributed by atoms with Crippen LogP contribution in [0.3, 0.4) is 0 Å². The molecule has 1 N–H and O–H groups in total. The van der Waals surface area contributed by atoms with Crippen molar-refractivity contribution in [1.82, 2.24) is 5.32 Å². The van der Waals surface area contributed by atoms with Gasteiger partial charge in [-0.05, 0) is 48.7 Å². The van der Waals surface area contributed by atoms with Crippen LogP contribution in [0.5, 0.6) is 0 Å². The Morgan fingerprint density at radius 3 is 2.65 bits per heavy atom. The SMILES string of the molecule is CCCNC(c1cccc(Cl)c1)c1cccc(C)c1Br. The van der Waals surface area contributed by atoms with Crippen LogP contribution in [0.2, 0.25) is 5.02 Å². The molecule has 2 aromatic rings. The highest BCUT2D eigenvalue weighted by atomic mass is 79.9. The second-order valence-corrected chi connectivity index (χ2v) is 6.15. The minimum atomic E-state index is 0.155. The van der Waals surface area contributed by atoms with E-state index in [1.807, 2.05) is 18.2 Å². The molecule has 0 aliphatic heterocycles. The molecule has 0 saturated carbocycles. The number of hydrogen-bond acceptors (Lipinski definition) is 1. The lowest BCUT2D eigenvalue weighted by Gasteiger charge is -2.22. The lowest BCUT2D eigenvalue weighted by atomic mass is 9.97. The van der Waals surface area contributed by atoms with Crippen molar-refractivity contribution in [3.8, 4) is 0 Å². The van der Waals surface area contributed by atoms with Crippen LogP contribution in [-0.4, -0.2) is 6.54 Å². The Bertz CT molecular complexity index is 583. The van der Waals surface area contributed by atoms with Crippen LogP contribution in [0.25, 0.3) is 0 Å². The second kappa shape index (κ2) is 7.26. The summed E-state index contributed by atoms with van der Waals surface area (Å²) in [6.07, 6.45) is 1.10. The summed E-state index contributed by atoms with van der Waals surface area (Å²) in [4.78, 5) is 0. The molecule has 1 unspecified atom stereocenters. The van der Waals surface area contributed by atoms with Gasteiger partial charge in [-0.15, -0.1) is 0 Å². The first-order valence-corrected chi connectivity index (χ1v) is 8.04. The van der Waals surface area contributed by atoms with Crippen LogP contribution in [0.1, 0.15) is 36.1 Å². The zero-order valence-electron chi connectivity index (χ0n) is 11.8. The summed E-state index contributed by atoms with van der Waals surface area (Å²) >= 11 is 9.86. The molecule has 2 rings (SSSR count). The van der Waals surface area contributed by atoms with Gasteiger partial charge in [-0.1, -0.05) is 64.8 Å². The normalized spacial score (nSPS) is 12.4. The summed E-state index contributed by atoms with van der Waals surface area (Å²) in [5.74, 6) is 0. The summed E-state index contributed by atoms with van der Waals surface area (Å²) in [6, 6.07) is 14.6. The van der Waals surface area contributed by atoms with E-state index in [2.05, 4.69) is 59.4 Å². The molecule has 0 spiro atoms. The molecule has 0 bridgehead atoms. The van der Waals surface area contributed by atoms with Crippen molar-refractivity contribution >= 4 is 27.5 Å². The lowest BCUT2D eigenvalue weighted by Crippen LogP contribution is -2.23. The van der Waals surface area contributed by atoms with E-state index in [1.165, 1.54) is 16.7 Å². The maximum absolute atomic E-state index is 6.14. The number of nitrogens with one attached hydrogen (secondary N) is 1. The molecule has 20 heavy (non-hydrogen) atoms. The van der Waals surface area contributed by atoms with Crippen molar-refractivity contribution in [2.75, 3.05) is 6.54 Å². The van der Waals surface area contributed by atoms with Gasteiger partial charge in [0.1, 0.15) is 0 Å². The fraction of sp³-hybridized carbons (Fsp3) is 0.294. The standard InChI is InChI=1S/C17H19BrClN/c1-3-10-20-17(13-7-5-8-14(19)11-13)15-9-4-6-12(2)16(15)18/h4-9,11,17,20H,3,10H2,1-2H3. The Morgan fingerprint density at radius 2 is 1.95 bits per heavy atom. The predicted octanol–water partition coefficient (Wildman–Crippen LogP) is 5.50. The van der Waals surface area contributed by atoms with E-state index in [0.29, 0.717) is 0 Å². The highest BCUT2D eigenvalue weighted by Crippen LogP contribution is 2.31. The van der Waals surface area contributed by atoms with E-state index >= 15 is 0 Å². The van der Waals surface area contributed by atoms with Gasteiger partial charge in [-0.2, -0.15) is 0 Å². The zero-order valence-corrected chi connectivity index (χ0v) is 14.1. The summed E-state index contributed by atoms with van der Waals surface area (Å²) < 4.78 is 1.16. The van der Waals surface area contributed by atoms with Crippen LogP contribution in [0.4, 0.5) is 0 Å². The van der Waals surface area contributed by atoms with Gasteiger partial charge in [0.2, 0.25) is 0 Å². The van der Waals surface area contributed by atoms with Crippen LogP contribution >= 0.6 is 27.5 Å². The van der Waals surface area contributed by atoms with E-state index < -0.39 is 0 Å². The number of halogens is 2. The number of aryl methyl sites for hydroxylation is 1. The Hall–Kier alpha value is -0.830. The van der Waals surface area contributed by atoms with Crippen molar-refractivity contribution in [2.45, 2.75) is 26.3 Å². The minimum Gasteiger partial charge on any atom is -0.306 e. The number of benzene rings is 2. The largest absolute Gasteiger partial charge is 0.306 e. The molecule has 0 fully saturated rings. The Labute approximate surface area is 134 Å². The molecule has 0 aromatic heterocycles. The molecule has 0 amide bonds. The zero-order chi connectivity index (χ0) is 14.5. The van der Waals surface area contributed by atoms with E-state index in [1.54, 1.807) is 0 Å². The molecule has 0 aliphatic rings. The van der Waals surface area contributed by atoms with E-state index in [4.69, 9.17) is 11.6 Å². The Balaban J connectivity index is 2.44. The summed E-state index contributed by atoms with van der Waals surface area (Å²) in [5, 5.41) is 4.38. The molecule has 106 valence electrons. The van der Waals surface area contributed by atoms with Crippen LogP contribution in [0.15, 0.2) is 46.9 Å². The average Bonchev–Trinajstić information content (AvgIpc) is 2.44. The molecule has 3 heteroatoms. The number of hydrogen-bond donors (Lipinski definition) is 1. The van der Waals surface area contributed by atoms with Crippen molar-refractivity contribution in [3.63, 3.8) is 0 Å². The van der Waals surface area contributed by atoms with E-state index in [-0.39, 0.29) is 6.04 Å². The first kappa shape index (κ1) is 15.6. The third-order valence-corrected chi connectivity index (χ3v) is 4.63. The average molecular weight is 353 g/mol. The van der Waals surface area contributed by atoms with Gasteiger partial charge >= 0.3 is 0 Å². The van der Waals surface area contributed by atoms with Crippen LogP contribution < -0.4 is 5.32 Å². The third-order valence-electron chi connectivity index (χ3n) is 3.31. The quantitative estimate of drug-likeness (QED) is 0.749. The minimum absolute atomic E-state index is 0.155.